The van der Waals surface area contributed by atoms with Gasteiger partial charge in [-0.2, -0.15) is 0 Å². The zero-order valence-electron chi connectivity index (χ0n) is 16.4. The van der Waals surface area contributed by atoms with Gasteiger partial charge in [0.1, 0.15) is 18.1 Å². The average molecular weight is 370 g/mol. The second kappa shape index (κ2) is 11.1. The second-order valence-electron chi connectivity index (χ2n) is 6.28. The van der Waals surface area contributed by atoms with Crippen molar-refractivity contribution in [3.05, 3.63) is 66.6 Å². The van der Waals surface area contributed by atoms with Gasteiger partial charge in [-0.05, 0) is 39.2 Å². The lowest BCUT2D eigenvalue weighted by Crippen LogP contribution is -2.41. The number of hydrogen-bond donors (Lipinski definition) is 2. The largest absolute Gasteiger partial charge is 0.489 e. The number of aliphatic imine (C=N–C) groups is 1. The summed E-state index contributed by atoms with van der Waals surface area (Å²) in [6.45, 7) is 8.22. The summed E-state index contributed by atoms with van der Waals surface area (Å²) >= 11 is 0. The van der Waals surface area contributed by atoms with Crippen molar-refractivity contribution in [2.75, 3.05) is 33.8 Å². The maximum atomic E-state index is 5.71. The molecule has 1 aromatic heterocycles. The molecule has 1 aromatic carbocycles. The van der Waals surface area contributed by atoms with Crippen molar-refractivity contribution in [1.29, 1.82) is 0 Å². The van der Waals surface area contributed by atoms with Crippen molar-refractivity contribution in [2.45, 2.75) is 19.5 Å². The Kier molecular flexibility index (Phi) is 8.45. The van der Waals surface area contributed by atoms with Crippen LogP contribution in [0.15, 0.2) is 64.7 Å². The number of guanidine groups is 1. The lowest BCUT2D eigenvalue weighted by molar-refractivity contribution is 0.258. The quantitative estimate of drug-likeness (QED) is 0.382. The van der Waals surface area contributed by atoms with E-state index in [0.29, 0.717) is 19.7 Å². The van der Waals surface area contributed by atoms with Gasteiger partial charge in [0.05, 0.1) is 18.8 Å². The number of likely N-dealkylation sites (N-methyl/N-ethyl adjacent to an activating group) is 1. The molecule has 0 amide bonds. The van der Waals surface area contributed by atoms with E-state index in [1.54, 1.807) is 12.3 Å². The predicted octanol–water partition coefficient (Wildman–Crippen LogP) is 3.20. The summed E-state index contributed by atoms with van der Waals surface area (Å²) in [5.41, 5.74) is 1.03. The summed E-state index contributed by atoms with van der Waals surface area (Å²) in [4.78, 5) is 6.82. The molecule has 0 radical (unpaired) electrons. The maximum Gasteiger partial charge on any atom is 0.191 e. The molecule has 1 heterocycles. The molecule has 0 aliphatic heterocycles. The van der Waals surface area contributed by atoms with E-state index in [4.69, 9.17) is 14.1 Å². The van der Waals surface area contributed by atoms with Gasteiger partial charge in [0.25, 0.3) is 0 Å². The number of nitrogens with one attached hydrogen (secondary N) is 2. The highest BCUT2D eigenvalue weighted by Gasteiger charge is 2.17. The molecule has 0 aliphatic rings. The number of hydrogen-bond acceptors (Lipinski definition) is 4. The summed E-state index contributed by atoms with van der Waals surface area (Å²) in [6, 6.07) is 11.9. The topological polar surface area (TPSA) is 62.0 Å². The predicted molar refractivity (Wildman–Crippen MR) is 110 cm³/mol. The van der Waals surface area contributed by atoms with Crippen molar-refractivity contribution in [2.24, 2.45) is 4.99 Å². The molecule has 0 saturated heterocycles. The van der Waals surface area contributed by atoms with Gasteiger partial charge in [-0.3, -0.25) is 4.90 Å². The van der Waals surface area contributed by atoms with Gasteiger partial charge in [0.15, 0.2) is 5.96 Å². The number of ether oxygens (including phenoxy) is 1. The normalized spacial score (nSPS) is 12.7. The number of furan rings is 1. The van der Waals surface area contributed by atoms with Gasteiger partial charge in [-0.1, -0.05) is 30.9 Å². The fourth-order valence-corrected chi connectivity index (χ4v) is 2.64. The maximum absolute atomic E-state index is 5.71. The SMILES string of the molecule is C=CCOc1ccccc1CN=C(NCC)NCC(c1ccco1)N(C)C. The molecule has 0 saturated carbocycles. The zero-order chi connectivity index (χ0) is 19.5. The zero-order valence-corrected chi connectivity index (χ0v) is 16.4. The minimum atomic E-state index is 0.118. The van der Waals surface area contributed by atoms with Crippen LogP contribution in [0, 0.1) is 0 Å². The molecule has 27 heavy (non-hydrogen) atoms. The van der Waals surface area contributed by atoms with E-state index in [1.165, 1.54) is 0 Å². The van der Waals surface area contributed by atoms with Crippen LogP contribution in [0.2, 0.25) is 0 Å². The summed E-state index contributed by atoms with van der Waals surface area (Å²) in [5.74, 6) is 2.51. The van der Waals surface area contributed by atoms with E-state index >= 15 is 0 Å². The Morgan fingerprint density at radius 2 is 2.07 bits per heavy atom. The molecule has 6 nitrogen and oxygen atoms in total. The molecule has 1 unspecified atom stereocenters. The molecule has 0 fully saturated rings. The Bertz CT molecular complexity index is 711. The number of nitrogens with zero attached hydrogens (tertiary/aromatic N) is 2. The molecular formula is C21H30N4O2. The Morgan fingerprint density at radius 1 is 1.26 bits per heavy atom. The third-order valence-electron chi connectivity index (χ3n) is 4.04. The van der Waals surface area contributed by atoms with Gasteiger partial charge >= 0.3 is 0 Å². The first-order valence-electron chi connectivity index (χ1n) is 9.19. The van der Waals surface area contributed by atoms with Crippen molar-refractivity contribution in [1.82, 2.24) is 15.5 Å². The first-order chi connectivity index (χ1) is 13.2. The van der Waals surface area contributed by atoms with Crippen LogP contribution in [0.25, 0.3) is 0 Å². The van der Waals surface area contributed by atoms with Crippen LogP contribution in [-0.2, 0) is 6.54 Å². The number of para-hydroxylation sites is 1. The van der Waals surface area contributed by atoms with Gasteiger partial charge in [-0.25, -0.2) is 4.99 Å². The van der Waals surface area contributed by atoms with Crippen molar-refractivity contribution in [3.8, 4) is 5.75 Å². The van der Waals surface area contributed by atoms with Crippen molar-refractivity contribution >= 4 is 5.96 Å². The summed E-state index contributed by atoms with van der Waals surface area (Å²) in [7, 11) is 4.07. The average Bonchev–Trinajstić information content (AvgIpc) is 3.19. The third kappa shape index (κ3) is 6.49. The number of rotatable bonds is 10. The fourth-order valence-electron chi connectivity index (χ4n) is 2.64. The standard InChI is InChI=1S/C21H30N4O2/c1-5-13-26-19-11-8-7-10-17(19)15-23-21(22-6-2)24-16-18(25(3)4)20-12-9-14-27-20/h5,7-12,14,18H,1,6,13,15-16H2,2-4H3,(H2,22,23,24). The van der Waals surface area contributed by atoms with Crippen molar-refractivity contribution < 1.29 is 9.15 Å². The molecule has 6 heteroatoms. The van der Waals surface area contributed by atoms with E-state index in [2.05, 4.69) is 22.1 Å². The molecular weight excluding hydrogens is 340 g/mol. The van der Waals surface area contributed by atoms with E-state index < -0.39 is 0 Å². The van der Waals surface area contributed by atoms with Crippen molar-refractivity contribution in [3.63, 3.8) is 0 Å². The highest BCUT2D eigenvalue weighted by atomic mass is 16.5. The lowest BCUT2D eigenvalue weighted by Gasteiger charge is -2.23. The molecule has 2 rings (SSSR count). The van der Waals surface area contributed by atoms with Crippen LogP contribution < -0.4 is 15.4 Å². The van der Waals surface area contributed by atoms with Gasteiger partial charge in [0.2, 0.25) is 0 Å². The molecule has 1 atom stereocenters. The summed E-state index contributed by atoms with van der Waals surface area (Å²) in [5, 5.41) is 6.69. The molecule has 146 valence electrons. The summed E-state index contributed by atoms with van der Waals surface area (Å²) in [6.07, 6.45) is 3.44. The Balaban J connectivity index is 2.05. The van der Waals surface area contributed by atoms with Gasteiger partial charge in [0, 0.05) is 18.7 Å². The van der Waals surface area contributed by atoms with Crippen LogP contribution in [-0.4, -0.2) is 44.7 Å². The second-order valence-corrected chi connectivity index (χ2v) is 6.28. The molecule has 0 spiro atoms. The van der Waals surface area contributed by atoms with Crippen LogP contribution in [0.3, 0.4) is 0 Å². The lowest BCUT2D eigenvalue weighted by atomic mass is 10.2. The van der Waals surface area contributed by atoms with E-state index in [1.807, 2.05) is 57.4 Å². The Labute approximate surface area is 161 Å². The highest BCUT2D eigenvalue weighted by molar-refractivity contribution is 5.79. The molecule has 0 aliphatic carbocycles. The summed E-state index contributed by atoms with van der Waals surface area (Å²) < 4.78 is 11.3. The van der Waals surface area contributed by atoms with E-state index in [9.17, 15) is 0 Å². The van der Waals surface area contributed by atoms with Crippen LogP contribution in [0.1, 0.15) is 24.3 Å². The molecule has 2 aromatic rings. The molecule has 0 bridgehead atoms. The monoisotopic (exact) mass is 370 g/mol. The van der Waals surface area contributed by atoms with E-state index in [0.717, 1.165) is 29.6 Å². The molecule has 2 N–H and O–H groups in total. The Hall–Kier alpha value is -2.73. The van der Waals surface area contributed by atoms with Crippen LogP contribution in [0.4, 0.5) is 0 Å². The minimum absolute atomic E-state index is 0.118. The van der Waals surface area contributed by atoms with Gasteiger partial charge < -0.3 is 19.8 Å². The van der Waals surface area contributed by atoms with Gasteiger partial charge in [-0.15, -0.1) is 0 Å². The first-order valence-corrected chi connectivity index (χ1v) is 9.19. The smallest absolute Gasteiger partial charge is 0.191 e. The third-order valence-corrected chi connectivity index (χ3v) is 4.04. The highest BCUT2D eigenvalue weighted by Crippen LogP contribution is 2.19. The fraction of sp³-hybridized carbons (Fsp3) is 0.381. The minimum Gasteiger partial charge on any atom is -0.489 e. The Morgan fingerprint density at radius 3 is 2.74 bits per heavy atom. The number of benzene rings is 1. The van der Waals surface area contributed by atoms with Crippen LogP contribution >= 0.6 is 0 Å². The first kappa shape index (κ1) is 20.6. The van der Waals surface area contributed by atoms with Crippen LogP contribution in [0.5, 0.6) is 5.75 Å². The van der Waals surface area contributed by atoms with E-state index in [-0.39, 0.29) is 6.04 Å².